The van der Waals surface area contributed by atoms with Crippen LogP contribution in [0.4, 0.5) is 5.69 Å². The lowest BCUT2D eigenvalue weighted by Crippen LogP contribution is -2.35. The molecule has 0 bridgehead atoms. The number of aromatic nitrogens is 1. The maximum atomic E-state index is 6.00. The summed E-state index contributed by atoms with van der Waals surface area (Å²) >= 11 is 1.86. The third kappa shape index (κ3) is 3.70. The second-order valence-corrected chi connectivity index (χ2v) is 9.64. The smallest absolute Gasteiger partial charge is 0.160 e. The molecule has 0 radical (unpaired) electrons. The van der Waals surface area contributed by atoms with Crippen molar-refractivity contribution in [2.24, 2.45) is 4.99 Å². The minimum absolute atomic E-state index is 0.0408. The van der Waals surface area contributed by atoms with Crippen LogP contribution in [0.5, 0.6) is 11.5 Å². The quantitative estimate of drug-likeness (QED) is 0.610. The largest absolute Gasteiger partial charge is 0.496 e. The van der Waals surface area contributed by atoms with Gasteiger partial charge in [-0.3, -0.25) is 9.98 Å². The van der Waals surface area contributed by atoms with E-state index in [4.69, 9.17) is 14.5 Å². The second-order valence-electron chi connectivity index (χ2n) is 8.65. The third-order valence-corrected chi connectivity index (χ3v) is 8.00. The number of ether oxygens (including phenoxy) is 2. The molecule has 0 aliphatic carbocycles. The van der Waals surface area contributed by atoms with Crippen LogP contribution in [0.15, 0.2) is 41.5 Å². The number of methoxy groups -OCH3 is 2. The molecule has 3 aliphatic heterocycles. The first-order valence-electron chi connectivity index (χ1n) is 11.7. The highest BCUT2D eigenvalue weighted by molar-refractivity contribution is 8.14. The molecule has 0 saturated carbocycles. The fourth-order valence-electron chi connectivity index (χ4n) is 5.21. The van der Waals surface area contributed by atoms with Crippen LogP contribution in [0.1, 0.15) is 55.9 Å². The van der Waals surface area contributed by atoms with Gasteiger partial charge in [0.2, 0.25) is 0 Å². The van der Waals surface area contributed by atoms with E-state index < -0.39 is 0 Å². The van der Waals surface area contributed by atoms with Gasteiger partial charge in [-0.25, -0.2) is 0 Å². The third-order valence-electron chi connectivity index (χ3n) is 6.88. The molecule has 3 aliphatic rings. The molecule has 1 aromatic carbocycles. The van der Waals surface area contributed by atoms with E-state index in [0.717, 1.165) is 58.9 Å². The van der Waals surface area contributed by atoms with E-state index in [-0.39, 0.29) is 12.1 Å². The highest BCUT2D eigenvalue weighted by atomic mass is 32.2. The van der Waals surface area contributed by atoms with Crippen LogP contribution < -0.4 is 14.4 Å². The van der Waals surface area contributed by atoms with Crippen molar-refractivity contribution in [1.82, 2.24) is 9.88 Å². The average molecular weight is 453 g/mol. The zero-order valence-corrected chi connectivity index (χ0v) is 20.0. The normalized spacial score (nSPS) is 25.0. The summed E-state index contributed by atoms with van der Waals surface area (Å²) in [5.41, 5.74) is 3.25. The molecule has 0 spiro atoms. The number of nitrogens with zero attached hydrogens (tertiary/aromatic N) is 4. The maximum absolute atomic E-state index is 6.00. The lowest BCUT2D eigenvalue weighted by molar-refractivity contribution is 0.248. The molecule has 3 atom stereocenters. The van der Waals surface area contributed by atoms with Gasteiger partial charge in [0.25, 0.3) is 0 Å². The lowest BCUT2D eigenvalue weighted by Gasteiger charge is -2.34. The summed E-state index contributed by atoms with van der Waals surface area (Å²) in [5.74, 6) is 2.89. The van der Waals surface area contributed by atoms with E-state index in [1.807, 2.05) is 30.1 Å². The maximum Gasteiger partial charge on any atom is 0.160 e. The molecular formula is C25H32N4O2S. The number of fused-ring (bicyclic) bond motifs is 1. The molecule has 32 heavy (non-hydrogen) atoms. The van der Waals surface area contributed by atoms with Gasteiger partial charge in [0.1, 0.15) is 17.5 Å². The van der Waals surface area contributed by atoms with Crippen molar-refractivity contribution in [2.45, 2.75) is 50.7 Å². The van der Waals surface area contributed by atoms with Crippen LogP contribution in [0.2, 0.25) is 0 Å². The Morgan fingerprint density at radius 2 is 1.88 bits per heavy atom. The highest BCUT2D eigenvalue weighted by Gasteiger charge is 2.46. The van der Waals surface area contributed by atoms with Crippen molar-refractivity contribution < 1.29 is 9.47 Å². The topological polar surface area (TPSA) is 50.2 Å². The predicted octanol–water partition coefficient (Wildman–Crippen LogP) is 5.07. The standard InChI is InChI=1S/C25H32N4O2S/c1-4-17-16-32-25-27-23(19-10-6-7-11-26-19)24(29(17)25)18-14-22(31-3)20(15-21(18)30-2)28-12-8-5-9-13-28/h6-7,10-11,14-15,17,23-24H,4-5,8-9,12-13,16H2,1-3H3/t17-,23+,24+/m1/s1. The van der Waals surface area contributed by atoms with E-state index in [9.17, 15) is 0 Å². The monoisotopic (exact) mass is 452 g/mol. The van der Waals surface area contributed by atoms with Crippen LogP contribution in [0.3, 0.4) is 0 Å². The number of pyridine rings is 1. The molecule has 5 rings (SSSR count). The van der Waals surface area contributed by atoms with Gasteiger partial charge >= 0.3 is 0 Å². The molecular weight excluding hydrogens is 420 g/mol. The lowest BCUT2D eigenvalue weighted by atomic mass is 9.93. The number of hydrogen-bond acceptors (Lipinski definition) is 7. The first-order valence-corrected chi connectivity index (χ1v) is 12.6. The molecule has 2 aromatic rings. The molecule has 170 valence electrons. The van der Waals surface area contributed by atoms with E-state index >= 15 is 0 Å². The van der Waals surface area contributed by atoms with E-state index in [2.05, 4.69) is 39.9 Å². The Labute approximate surface area is 195 Å². The summed E-state index contributed by atoms with van der Waals surface area (Å²) in [4.78, 5) is 14.8. The van der Waals surface area contributed by atoms with Crippen LogP contribution >= 0.6 is 11.8 Å². The summed E-state index contributed by atoms with van der Waals surface area (Å²) in [6.45, 7) is 4.39. The van der Waals surface area contributed by atoms with Gasteiger partial charge in [-0.05, 0) is 43.9 Å². The molecule has 0 unspecified atom stereocenters. The zero-order valence-electron chi connectivity index (χ0n) is 19.2. The van der Waals surface area contributed by atoms with E-state index in [1.54, 1.807) is 14.2 Å². The summed E-state index contributed by atoms with van der Waals surface area (Å²) in [5, 5.41) is 1.12. The summed E-state index contributed by atoms with van der Waals surface area (Å²) in [6.07, 6.45) is 6.68. The Bertz CT molecular complexity index is 977. The van der Waals surface area contributed by atoms with E-state index in [0.29, 0.717) is 6.04 Å². The zero-order chi connectivity index (χ0) is 22.1. The number of rotatable bonds is 6. The van der Waals surface area contributed by atoms with Gasteiger partial charge in [0.15, 0.2) is 5.17 Å². The van der Waals surface area contributed by atoms with Gasteiger partial charge < -0.3 is 19.3 Å². The second kappa shape index (κ2) is 9.22. The Balaban J connectivity index is 1.61. The molecule has 1 aromatic heterocycles. The minimum Gasteiger partial charge on any atom is -0.496 e. The minimum atomic E-state index is -0.0625. The number of hydrogen-bond donors (Lipinski definition) is 0. The van der Waals surface area contributed by atoms with Crippen molar-refractivity contribution >= 4 is 22.6 Å². The number of aliphatic imine (C=N–C) groups is 1. The predicted molar refractivity (Wildman–Crippen MR) is 131 cm³/mol. The Morgan fingerprint density at radius 1 is 1.06 bits per heavy atom. The Hall–Kier alpha value is -2.41. The number of benzene rings is 1. The SMILES string of the molecule is CC[C@@H]1CSC2=N[C@@H](c3ccccn3)[C@H](c3cc(OC)c(N4CCCCC4)cc3OC)N21. The van der Waals surface area contributed by atoms with Crippen LogP contribution in [-0.2, 0) is 0 Å². The Morgan fingerprint density at radius 3 is 2.56 bits per heavy atom. The highest BCUT2D eigenvalue weighted by Crippen LogP contribution is 2.52. The van der Waals surface area contributed by atoms with Gasteiger partial charge in [-0.2, -0.15) is 0 Å². The number of piperidine rings is 1. The van der Waals surface area contributed by atoms with E-state index in [1.165, 1.54) is 19.3 Å². The van der Waals surface area contributed by atoms with Crippen molar-refractivity contribution in [1.29, 1.82) is 0 Å². The first-order chi connectivity index (χ1) is 15.7. The van der Waals surface area contributed by atoms with Gasteiger partial charge in [0, 0.05) is 42.7 Å². The summed E-state index contributed by atoms with van der Waals surface area (Å²) < 4.78 is 11.9. The molecule has 0 N–H and O–H groups in total. The average Bonchev–Trinajstić information content (AvgIpc) is 3.43. The number of anilines is 1. The van der Waals surface area contributed by atoms with Crippen LogP contribution in [0, 0.1) is 0 Å². The molecule has 6 nitrogen and oxygen atoms in total. The number of thioether (sulfide) groups is 1. The van der Waals surface area contributed by atoms with Crippen molar-refractivity contribution in [2.75, 3.05) is 38.0 Å². The van der Waals surface area contributed by atoms with Crippen molar-refractivity contribution in [3.05, 3.63) is 47.8 Å². The number of amidine groups is 1. The van der Waals surface area contributed by atoms with Gasteiger partial charge in [-0.15, -0.1) is 0 Å². The fraction of sp³-hybridized carbons (Fsp3) is 0.520. The molecule has 7 heteroatoms. The summed E-state index contributed by atoms with van der Waals surface area (Å²) in [6, 6.07) is 10.9. The molecule has 0 amide bonds. The fourth-order valence-corrected chi connectivity index (χ4v) is 6.54. The molecule has 2 saturated heterocycles. The molecule has 2 fully saturated rings. The summed E-state index contributed by atoms with van der Waals surface area (Å²) in [7, 11) is 3.54. The van der Waals surface area contributed by atoms with Crippen molar-refractivity contribution in [3.8, 4) is 11.5 Å². The van der Waals surface area contributed by atoms with Crippen LogP contribution in [-0.4, -0.2) is 54.2 Å². The van der Waals surface area contributed by atoms with Gasteiger partial charge in [-0.1, -0.05) is 24.8 Å². The first kappa shape index (κ1) is 21.4. The van der Waals surface area contributed by atoms with Gasteiger partial charge in [0.05, 0.1) is 31.6 Å². The Kier molecular flexibility index (Phi) is 6.17. The van der Waals surface area contributed by atoms with Crippen molar-refractivity contribution in [3.63, 3.8) is 0 Å². The van der Waals surface area contributed by atoms with Crippen LogP contribution in [0.25, 0.3) is 0 Å². The molecule has 4 heterocycles.